The molecular weight excluding hydrogens is 454 g/mol. The number of Topliss-reactive ketones (excluding diaryl/α,β-unsaturated/α-hetero) is 1. The standard InChI is InChI=1S/C26H43NO6S/c1-16(4-7-23(30)27-12-13-34(31,32)33)19-5-6-20-24-21(9-11-26(19,20)3)25(2)10-8-18(28)14-17(25)15-22(24)29/h16-21,24,28H,4-15H2,1-3H3,(H,27,30)(H,31,32,33)/t16-,17+,18-,19-,20?,21?,24?,25+,26-/m1/s1. The van der Waals surface area contributed by atoms with Gasteiger partial charge in [-0.25, -0.2) is 0 Å². The monoisotopic (exact) mass is 497 g/mol. The van der Waals surface area contributed by atoms with Gasteiger partial charge in [0.05, 0.1) is 11.9 Å². The highest BCUT2D eigenvalue weighted by molar-refractivity contribution is 7.85. The maximum absolute atomic E-state index is 13.5. The molecule has 0 aliphatic heterocycles. The number of fused-ring (bicyclic) bond motifs is 5. The van der Waals surface area contributed by atoms with E-state index >= 15 is 0 Å². The van der Waals surface area contributed by atoms with Gasteiger partial charge in [-0.3, -0.25) is 14.1 Å². The van der Waals surface area contributed by atoms with Gasteiger partial charge in [-0.2, -0.15) is 8.42 Å². The van der Waals surface area contributed by atoms with Crippen LogP contribution in [0.4, 0.5) is 0 Å². The number of rotatable bonds is 7. The molecule has 0 radical (unpaired) electrons. The fourth-order valence-corrected chi connectivity index (χ4v) is 9.21. The highest BCUT2D eigenvalue weighted by Crippen LogP contribution is 2.67. The summed E-state index contributed by atoms with van der Waals surface area (Å²) in [6, 6.07) is 0. The third-order valence-electron chi connectivity index (χ3n) is 10.7. The van der Waals surface area contributed by atoms with Crippen molar-refractivity contribution in [3.8, 4) is 0 Å². The summed E-state index contributed by atoms with van der Waals surface area (Å²) in [5.74, 6) is 1.95. The van der Waals surface area contributed by atoms with Crippen LogP contribution in [0.2, 0.25) is 0 Å². The molecule has 0 spiro atoms. The Morgan fingerprint density at radius 3 is 2.50 bits per heavy atom. The van der Waals surface area contributed by atoms with Crippen molar-refractivity contribution in [3.05, 3.63) is 0 Å². The molecule has 8 heteroatoms. The zero-order valence-electron chi connectivity index (χ0n) is 21.0. The summed E-state index contributed by atoms with van der Waals surface area (Å²) in [5.41, 5.74) is 0.290. The van der Waals surface area contributed by atoms with Gasteiger partial charge in [-0.05, 0) is 91.8 Å². The minimum atomic E-state index is -4.07. The maximum Gasteiger partial charge on any atom is 0.266 e. The Morgan fingerprint density at radius 1 is 1.12 bits per heavy atom. The van der Waals surface area contributed by atoms with Gasteiger partial charge in [-0.15, -0.1) is 0 Å². The van der Waals surface area contributed by atoms with Crippen LogP contribution in [0.1, 0.15) is 85.0 Å². The predicted octanol–water partition coefficient (Wildman–Crippen LogP) is 3.61. The van der Waals surface area contributed by atoms with E-state index < -0.39 is 15.9 Å². The first kappa shape index (κ1) is 26.1. The summed E-state index contributed by atoms with van der Waals surface area (Å²) in [5, 5.41) is 12.8. The number of hydrogen-bond acceptors (Lipinski definition) is 5. The lowest BCUT2D eigenvalue weighted by atomic mass is 9.44. The maximum atomic E-state index is 13.5. The van der Waals surface area contributed by atoms with Crippen molar-refractivity contribution in [2.45, 2.75) is 91.1 Å². The summed E-state index contributed by atoms with van der Waals surface area (Å²) < 4.78 is 30.5. The molecule has 0 heterocycles. The number of ketones is 1. The summed E-state index contributed by atoms with van der Waals surface area (Å²) in [6.07, 6.45) is 8.54. The number of carbonyl (C=O) groups excluding carboxylic acids is 2. The zero-order valence-corrected chi connectivity index (χ0v) is 21.8. The van der Waals surface area contributed by atoms with Crippen LogP contribution in [-0.4, -0.2) is 48.2 Å². The van der Waals surface area contributed by atoms with E-state index in [1.54, 1.807) is 0 Å². The Labute approximate surface area is 204 Å². The second-order valence-electron chi connectivity index (χ2n) is 12.4. The molecule has 3 unspecified atom stereocenters. The lowest BCUT2D eigenvalue weighted by Gasteiger charge is -2.60. The molecule has 34 heavy (non-hydrogen) atoms. The van der Waals surface area contributed by atoms with Gasteiger partial charge in [0.2, 0.25) is 5.91 Å². The number of aliphatic hydroxyl groups excluding tert-OH is 1. The van der Waals surface area contributed by atoms with Gasteiger partial charge in [0.1, 0.15) is 5.78 Å². The van der Waals surface area contributed by atoms with Crippen LogP contribution in [0.3, 0.4) is 0 Å². The molecule has 0 bridgehead atoms. The van der Waals surface area contributed by atoms with E-state index in [0.717, 1.165) is 51.4 Å². The van der Waals surface area contributed by atoms with Crippen LogP contribution in [-0.2, 0) is 19.7 Å². The second-order valence-corrected chi connectivity index (χ2v) is 14.0. The number of nitrogens with one attached hydrogen (secondary N) is 1. The van der Waals surface area contributed by atoms with Gasteiger partial charge in [-0.1, -0.05) is 20.8 Å². The molecule has 7 nitrogen and oxygen atoms in total. The van der Waals surface area contributed by atoms with E-state index in [-0.39, 0.29) is 35.3 Å². The van der Waals surface area contributed by atoms with Crippen molar-refractivity contribution in [3.63, 3.8) is 0 Å². The Morgan fingerprint density at radius 2 is 1.79 bits per heavy atom. The van der Waals surface area contributed by atoms with Gasteiger partial charge < -0.3 is 10.4 Å². The molecule has 0 aromatic heterocycles. The van der Waals surface area contributed by atoms with Crippen LogP contribution >= 0.6 is 0 Å². The predicted molar refractivity (Wildman–Crippen MR) is 129 cm³/mol. The van der Waals surface area contributed by atoms with Gasteiger partial charge >= 0.3 is 0 Å². The third kappa shape index (κ3) is 4.83. The van der Waals surface area contributed by atoms with Crippen molar-refractivity contribution < 1.29 is 27.7 Å². The van der Waals surface area contributed by atoms with E-state index in [4.69, 9.17) is 4.55 Å². The minimum Gasteiger partial charge on any atom is -0.393 e. The zero-order chi connectivity index (χ0) is 24.9. The molecule has 4 aliphatic carbocycles. The molecular formula is C26H43NO6S. The SMILES string of the molecule is C[C@H](CCC(=O)NCCS(=O)(=O)O)[C@H]1CCC2C3C(=O)C[C@@H]4C[C@H](O)CC[C@]4(C)C3CC[C@@]21C. The van der Waals surface area contributed by atoms with E-state index in [2.05, 4.69) is 26.1 Å². The molecule has 0 aromatic carbocycles. The lowest BCUT2D eigenvalue weighted by molar-refractivity contribution is -0.160. The third-order valence-corrected chi connectivity index (χ3v) is 11.4. The van der Waals surface area contributed by atoms with Crippen LogP contribution in [0, 0.1) is 46.3 Å². The summed E-state index contributed by atoms with van der Waals surface area (Å²) in [6.45, 7) is 6.93. The van der Waals surface area contributed by atoms with Crippen LogP contribution in [0.25, 0.3) is 0 Å². The highest BCUT2D eigenvalue weighted by atomic mass is 32.2. The lowest BCUT2D eigenvalue weighted by Crippen LogP contribution is -2.57. The largest absolute Gasteiger partial charge is 0.393 e. The summed E-state index contributed by atoms with van der Waals surface area (Å²) in [7, 11) is -4.07. The average molecular weight is 498 g/mol. The molecule has 194 valence electrons. The molecule has 9 atom stereocenters. The van der Waals surface area contributed by atoms with Gasteiger partial charge in [0.15, 0.2) is 0 Å². The van der Waals surface area contributed by atoms with Crippen molar-refractivity contribution in [2.75, 3.05) is 12.3 Å². The van der Waals surface area contributed by atoms with E-state index in [1.807, 2.05) is 0 Å². The number of hydrogen-bond donors (Lipinski definition) is 3. The molecule has 4 aliphatic rings. The first-order valence-electron chi connectivity index (χ1n) is 13.3. The first-order chi connectivity index (χ1) is 15.8. The van der Waals surface area contributed by atoms with Gasteiger partial charge in [0.25, 0.3) is 10.1 Å². The minimum absolute atomic E-state index is 0.0722. The van der Waals surface area contributed by atoms with Crippen LogP contribution in [0.5, 0.6) is 0 Å². The van der Waals surface area contributed by atoms with Crippen molar-refractivity contribution in [1.29, 1.82) is 0 Å². The smallest absolute Gasteiger partial charge is 0.266 e. The Hall–Kier alpha value is -0.990. The number of amides is 1. The summed E-state index contributed by atoms with van der Waals surface area (Å²) >= 11 is 0. The van der Waals surface area contributed by atoms with Crippen LogP contribution in [0.15, 0.2) is 0 Å². The summed E-state index contributed by atoms with van der Waals surface area (Å²) in [4.78, 5) is 25.7. The second kappa shape index (κ2) is 9.47. The van der Waals surface area contributed by atoms with E-state index in [9.17, 15) is 23.1 Å². The fraction of sp³-hybridized carbons (Fsp3) is 0.923. The molecule has 4 saturated carbocycles. The first-order valence-corrected chi connectivity index (χ1v) is 14.9. The van der Waals surface area contributed by atoms with E-state index in [0.29, 0.717) is 48.2 Å². The van der Waals surface area contributed by atoms with E-state index in [1.165, 1.54) is 0 Å². The Balaban J connectivity index is 1.39. The highest BCUT2D eigenvalue weighted by Gasteiger charge is 2.63. The van der Waals surface area contributed by atoms with Crippen molar-refractivity contribution in [1.82, 2.24) is 5.32 Å². The molecule has 3 N–H and O–H groups in total. The van der Waals surface area contributed by atoms with Crippen molar-refractivity contribution in [2.24, 2.45) is 46.3 Å². The molecule has 0 aromatic rings. The number of carbonyl (C=O) groups is 2. The van der Waals surface area contributed by atoms with Crippen LogP contribution < -0.4 is 5.32 Å². The fourth-order valence-electron chi connectivity index (χ4n) is 8.85. The molecule has 1 amide bonds. The molecule has 4 rings (SSSR count). The van der Waals surface area contributed by atoms with Gasteiger partial charge in [0, 0.05) is 25.3 Å². The molecule has 4 fully saturated rings. The molecule has 0 saturated heterocycles. The number of aliphatic hydroxyl groups is 1. The average Bonchev–Trinajstić information content (AvgIpc) is 3.09. The Bertz CT molecular complexity index is 905. The Kier molecular flexibility index (Phi) is 7.27. The quantitative estimate of drug-likeness (QED) is 0.462. The normalized spacial score (nSPS) is 42.9. The topological polar surface area (TPSA) is 121 Å². The van der Waals surface area contributed by atoms with Crippen molar-refractivity contribution >= 4 is 21.8 Å².